The molecule has 0 spiro atoms. The molecule has 2 aromatic heterocycles. The first kappa shape index (κ1) is 27.1. The van der Waals surface area contributed by atoms with E-state index in [2.05, 4.69) is 39.4 Å². The largest absolute Gasteiger partial charge is 0.494 e. The Morgan fingerprint density at radius 1 is 0.854 bits per heavy atom. The topological polar surface area (TPSA) is 64.0 Å². The zero-order valence-electron chi connectivity index (χ0n) is 22.9. The molecular weight excluding hydrogens is 534 g/mol. The molecule has 3 aromatic carbocycles. The summed E-state index contributed by atoms with van der Waals surface area (Å²) in [6.07, 6.45) is 2.01. The molecule has 0 N–H and O–H groups in total. The summed E-state index contributed by atoms with van der Waals surface area (Å²) in [5, 5.41) is 4.41. The van der Waals surface area contributed by atoms with Crippen LogP contribution in [0.3, 0.4) is 0 Å². The molecule has 0 unspecified atom stereocenters. The normalized spacial score (nSPS) is 14.0. The molecule has 41 heavy (non-hydrogen) atoms. The molecule has 7 nitrogen and oxygen atoms in total. The van der Waals surface area contributed by atoms with Crippen molar-refractivity contribution in [2.24, 2.45) is 0 Å². The van der Waals surface area contributed by atoms with Gasteiger partial charge in [0.15, 0.2) is 6.73 Å². The number of hydrogen-bond acceptors (Lipinski definition) is 7. The second-order valence-corrected chi connectivity index (χ2v) is 11.2. The van der Waals surface area contributed by atoms with Crippen LogP contribution in [-0.4, -0.2) is 54.8 Å². The molecule has 0 aliphatic carbocycles. The van der Waals surface area contributed by atoms with Crippen molar-refractivity contribution in [3.63, 3.8) is 0 Å². The predicted octanol–water partition coefficient (Wildman–Crippen LogP) is 6.01. The van der Waals surface area contributed by atoms with Crippen molar-refractivity contribution < 1.29 is 14.3 Å². The number of carbonyl (C=O) groups excluding carboxylic acids is 1. The third-order valence-corrected chi connectivity index (χ3v) is 8.50. The van der Waals surface area contributed by atoms with Crippen molar-refractivity contribution in [1.82, 2.24) is 9.47 Å². The average Bonchev–Trinajstić information content (AvgIpc) is 3.50. The molecule has 0 bridgehead atoms. The highest BCUT2D eigenvalue weighted by Gasteiger charge is 2.18. The lowest BCUT2D eigenvalue weighted by Gasteiger charge is -2.36. The van der Waals surface area contributed by atoms with Crippen LogP contribution in [0.1, 0.15) is 23.2 Å². The number of fused-ring (bicyclic) bond motifs is 2. The molecular formula is C33H33N3O4S. The Balaban J connectivity index is 0.982. The quantitative estimate of drug-likeness (QED) is 0.152. The number of piperazine rings is 1. The van der Waals surface area contributed by atoms with Crippen molar-refractivity contribution >= 4 is 44.0 Å². The molecule has 1 saturated heterocycles. The van der Waals surface area contributed by atoms with Crippen molar-refractivity contribution in [3.8, 4) is 5.75 Å². The van der Waals surface area contributed by atoms with Gasteiger partial charge in [-0.3, -0.25) is 14.3 Å². The number of hydrogen-bond donors (Lipinski definition) is 0. The fraction of sp³-hybridized carbons (Fsp3) is 0.273. The first-order valence-electron chi connectivity index (χ1n) is 14.1. The molecule has 6 rings (SSSR count). The molecule has 5 aromatic rings. The van der Waals surface area contributed by atoms with Gasteiger partial charge in [0, 0.05) is 54.1 Å². The van der Waals surface area contributed by atoms with Gasteiger partial charge in [0.25, 0.3) is 5.56 Å². The number of ether oxygens (including phenoxy) is 2. The van der Waals surface area contributed by atoms with Crippen molar-refractivity contribution in [2.45, 2.75) is 19.6 Å². The standard InChI is InChI=1S/C33H33N3O4S/c37-32-14-12-25-11-13-27(23-30(25)36(32)24-40-33(38)26-7-2-1-3-8-26)39-21-5-4-16-34-17-19-35(20-18-34)29-9-6-10-31-28(29)15-22-41-31/h1-3,6-15,22-23H,4-5,16-21,24H2. The molecule has 1 aliphatic heterocycles. The lowest BCUT2D eigenvalue weighted by Crippen LogP contribution is -2.46. The summed E-state index contributed by atoms with van der Waals surface area (Å²) in [5.41, 5.74) is 2.24. The molecule has 0 saturated carbocycles. The van der Waals surface area contributed by atoms with Crippen molar-refractivity contribution in [1.29, 1.82) is 0 Å². The number of rotatable bonds is 10. The van der Waals surface area contributed by atoms with E-state index in [1.165, 1.54) is 26.4 Å². The van der Waals surface area contributed by atoms with E-state index >= 15 is 0 Å². The Hall–Kier alpha value is -4.14. The van der Waals surface area contributed by atoms with Gasteiger partial charge in [0.1, 0.15) is 5.75 Å². The summed E-state index contributed by atoms with van der Waals surface area (Å²) in [4.78, 5) is 30.1. The number of nitrogens with zero attached hydrogens (tertiary/aromatic N) is 3. The second kappa shape index (κ2) is 12.6. The van der Waals surface area contributed by atoms with Crippen LogP contribution < -0.4 is 15.2 Å². The van der Waals surface area contributed by atoms with Gasteiger partial charge in [-0.15, -0.1) is 11.3 Å². The highest BCUT2D eigenvalue weighted by Crippen LogP contribution is 2.31. The fourth-order valence-electron chi connectivity index (χ4n) is 5.37. The summed E-state index contributed by atoms with van der Waals surface area (Å²) >= 11 is 1.80. The first-order chi connectivity index (χ1) is 20.2. The number of esters is 1. The Bertz CT molecular complexity index is 1690. The lowest BCUT2D eigenvalue weighted by atomic mass is 10.2. The van der Waals surface area contributed by atoms with E-state index in [0.717, 1.165) is 51.0 Å². The summed E-state index contributed by atoms with van der Waals surface area (Å²) in [7, 11) is 0. The minimum atomic E-state index is -0.469. The van der Waals surface area contributed by atoms with E-state index < -0.39 is 5.97 Å². The van der Waals surface area contributed by atoms with Crippen LogP contribution in [0.2, 0.25) is 0 Å². The molecule has 1 aliphatic rings. The van der Waals surface area contributed by atoms with Gasteiger partial charge >= 0.3 is 5.97 Å². The van der Waals surface area contributed by atoms with Crippen LogP contribution in [0.25, 0.3) is 21.0 Å². The van der Waals surface area contributed by atoms with Crippen LogP contribution >= 0.6 is 11.3 Å². The van der Waals surface area contributed by atoms with Gasteiger partial charge < -0.3 is 14.4 Å². The third-order valence-electron chi connectivity index (χ3n) is 7.62. The molecule has 0 atom stereocenters. The number of benzene rings is 3. The van der Waals surface area contributed by atoms with Crippen molar-refractivity contribution in [2.75, 3.05) is 44.2 Å². The summed E-state index contributed by atoms with van der Waals surface area (Å²) in [6.45, 7) is 5.73. The molecule has 0 amide bonds. The maximum Gasteiger partial charge on any atom is 0.339 e. The average molecular weight is 568 g/mol. The van der Waals surface area contributed by atoms with E-state index in [4.69, 9.17) is 9.47 Å². The lowest BCUT2D eigenvalue weighted by molar-refractivity contribution is 0.0374. The predicted molar refractivity (Wildman–Crippen MR) is 165 cm³/mol. The SMILES string of the molecule is O=C(OCn1c(=O)ccc2ccc(OCCCCN3CCN(c4cccc5sccc45)CC3)cc21)c1ccccc1. The van der Waals surface area contributed by atoms with Gasteiger partial charge in [0.05, 0.1) is 17.7 Å². The van der Waals surface area contributed by atoms with Gasteiger partial charge in [-0.05, 0) is 78.7 Å². The van der Waals surface area contributed by atoms with Crippen LogP contribution in [0.5, 0.6) is 5.75 Å². The number of aromatic nitrogens is 1. The van der Waals surface area contributed by atoms with Crippen LogP contribution in [-0.2, 0) is 11.5 Å². The molecule has 210 valence electrons. The number of thiophene rings is 1. The second-order valence-electron chi connectivity index (χ2n) is 10.2. The number of unbranched alkanes of at least 4 members (excludes halogenated alkanes) is 1. The summed E-state index contributed by atoms with van der Waals surface area (Å²) < 4.78 is 14.3. The Morgan fingerprint density at radius 2 is 1.68 bits per heavy atom. The molecule has 8 heteroatoms. The van der Waals surface area contributed by atoms with Gasteiger partial charge in [-0.25, -0.2) is 4.79 Å². The van der Waals surface area contributed by atoms with Crippen LogP contribution in [0.4, 0.5) is 5.69 Å². The Morgan fingerprint density at radius 3 is 2.54 bits per heavy atom. The number of pyridine rings is 1. The van der Waals surface area contributed by atoms with E-state index in [0.29, 0.717) is 23.4 Å². The van der Waals surface area contributed by atoms with Crippen molar-refractivity contribution in [3.05, 3.63) is 106 Å². The minimum absolute atomic E-state index is 0.164. The smallest absolute Gasteiger partial charge is 0.339 e. The molecule has 1 fully saturated rings. The Labute approximate surface area is 243 Å². The van der Waals surface area contributed by atoms with Gasteiger partial charge in [0.2, 0.25) is 0 Å². The van der Waals surface area contributed by atoms with Crippen LogP contribution in [0, 0.1) is 0 Å². The zero-order chi connectivity index (χ0) is 28.0. The molecule has 3 heterocycles. The zero-order valence-corrected chi connectivity index (χ0v) is 23.7. The highest BCUT2D eigenvalue weighted by molar-refractivity contribution is 7.17. The first-order valence-corrected chi connectivity index (χ1v) is 15.0. The molecule has 0 radical (unpaired) electrons. The third kappa shape index (κ3) is 6.29. The Kier molecular flexibility index (Phi) is 8.30. The van der Waals surface area contributed by atoms with Gasteiger partial charge in [-0.2, -0.15) is 0 Å². The maximum absolute atomic E-state index is 12.6. The van der Waals surface area contributed by atoms with E-state index in [1.54, 1.807) is 41.7 Å². The van der Waals surface area contributed by atoms with E-state index in [9.17, 15) is 9.59 Å². The number of carbonyl (C=O) groups is 1. The maximum atomic E-state index is 12.6. The van der Waals surface area contributed by atoms with Crippen LogP contribution in [0.15, 0.2) is 95.1 Å². The highest BCUT2D eigenvalue weighted by atomic mass is 32.1. The monoisotopic (exact) mass is 567 g/mol. The number of anilines is 1. The van der Waals surface area contributed by atoms with E-state index in [1.807, 2.05) is 24.3 Å². The fourth-order valence-corrected chi connectivity index (χ4v) is 6.17. The summed E-state index contributed by atoms with van der Waals surface area (Å²) in [6, 6.07) is 26.5. The summed E-state index contributed by atoms with van der Waals surface area (Å²) in [5.74, 6) is 0.227. The minimum Gasteiger partial charge on any atom is -0.494 e. The van der Waals surface area contributed by atoms with Gasteiger partial charge in [-0.1, -0.05) is 24.3 Å². The van der Waals surface area contributed by atoms with E-state index in [-0.39, 0.29) is 12.3 Å².